The first-order valence-electron chi connectivity index (χ1n) is 12.5. The average molecular weight is 522 g/mol. The number of aromatic nitrogens is 4. The van der Waals surface area contributed by atoms with E-state index in [1.807, 2.05) is 54.6 Å². The molecule has 9 heteroatoms. The van der Waals surface area contributed by atoms with Gasteiger partial charge in [0, 0.05) is 30.0 Å². The van der Waals surface area contributed by atoms with Crippen molar-refractivity contribution in [2.45, 2.75) is 25.4 Å². The maximum atomic E-state index is 13.2. The first-order valence-corrected chi connectivity index (χ1v) is 12.5. The molecule has 5 rings (SSSR count). The average Bonchev–Trinajstić information content (AvgIpc) is 3.39. The number of benzene rings is 2. The zero-order valence-corrected chi connectivity index (χ0v) is 21.3. The van der Waals surface area contributed by atoms with Crippen molar-refractivity contribution in [2.75, 3.05) is 7.11 Å². The second-order valence-corrected chi connectivity index (χ2v) is 9.20. The van der Waals surface area contributed by atoms with Crippen molar-refractivity contribution in [3.63, 3.8) is 0 Å². The van der Waals surface area contributed by atoms with Crippen LogP contribution in [0, 0.1) is 0 Å². The predicted octanol–water partition coefficient (Wildman–Crippen LogP) is 3.79. The number of nitrogens with one attached hydrogen (secondary N) is 2. The van der Waals surface area contributed by atoms with Crippen LogP contribution in [0.2, 0.25) is 0 Å². The van der Waals surface area contributed by atoms with Crippen LogP contribution in [-0.2, 0) is 22.5 Å². The molecule has 0 aliphatic heterocycles. The lowest BCUT2D eigenvalue weighted by Crippen LogP contribution is -2.31. The van der Waals surface area contributed by atoms with Crippen molar-refractivity contribution < 1.29 is 14.3 Å². The molecule has 1 amide bonds. The lowest BCUT2D eigenvalue weighted by Gasteiger charge is -2.16. The lowest BCUT2D eigenvalue weighted by molar-refractivity contribution is -0.141. The van der Waals surface area contributed by atoms with E-state index in [1.54, 1.807) is 35.2 Å². The molecule has 2 aromatic carbocycles. The number of carbonyl (C=O) groups excluding carboxylic acids is 2. The molecule has 5 aromatic rings. The minimum atomic E-state index is -0.686. The topological polar surface area (TPSA) is 119 Å². The number of H-pyrrole nitrogens is 1. The molecule has 0 bridgehead atoms. The Morgan fingerprint density at radius 1 is 0.974 bits per heavy atom. The fourth-order valence-electron chi connectivity index (χ4n) is 4.45. The number of rotatable bonds is 9. The third kappa shape index (κ3) is 6.10. The van der Waals surface area contributed by atoms with Crippen molar-refractivity contribution in [3.8, 4) is 0 Å². The molecule has 0 aliphatic carbocycles. The van der Waals surface area contributed by atoms with E-state index in [4.69, 9.17) is 4.74 Å². The molecule has 2 N–H and O–H groups in total. The van der Waals surface area contributed by atoms with E-state index in [0.29, 0.717) is 24.2 Å². The molecular formula is C30H27N5O4. The number of hydrogen-bond donors (Lipinski definition) is 2. The van der Waals surface area contributed by atoms with Crippen LogP contribution in [0.4, 0.5) is 0 Å². The highest BCUT2D eigenvalue weighted by Crippen LogP contribution is 2.25. The zero-order valence-electron chi connectivity index (χ0n) is 21.3. The van der Waals surface area contributed by atoms with Crippen LogP contribution in [-0.4, -0.2) is 38.7 Å². The first kappa shape index (κ1) is 25.6. The Kier molecular flexibility index (Phi) is 7.58. The third-order valence-corrected chi connectivity index (χ3v) is 6.47. The highest BCUT2D eigenvalue weighted by atomic mass is 16.5. The Hall–Kier alpha value is -5.05. The highest BCUT2D eigenvalue weighted by molar-refractivity contribution is 5.95. The summed E-state index contributed by atoms with van der Waals surface area (Å²) in [6.45, 7) is 0.495. The number of aromatic amines is 1. The van der Waals surface area contributed by atoms with Crippen LogP contribution in [0.3, 0.4) is 0 Å². The third-order valence-electron chi connectivity index (χ3n) is 6.47. The van der Waals surface area contributed by atoms with Crippen molar-refractivity contribution in [3.05, 3.63) is 130 Å². The van der Waals surface area contributed by atoms with Gasteiger partial charge in [-0.15, -0.1) is 0 Å². The van der Waals surface area contributed by atoms with Gasteiger partial charge in [-0.1, -0.05) is 48.5 Å². The SMILES string of the molecule is COC(=O)CC(NC(=O)c1cncc(Cc2ccc(Cn3ccccc3=O)cc2)c1)c1n[nH]c2ccccc12. The molecule has 1 atom stereocenters. The number of para-hydroxylation sites is 1. The molecule has 3 aromatic heterocycles. The fraction of sp³-hybridized carbons (Fsp3) is 0.167. The summed E-state index contributed by atoms with van der Waals surface area (Å²) in [6, 6.07) is 21.7. The normalized spacial score (nSPS) is 11.7. The van der Waals surface area contributed by atoms with Crippen molar-refractivity contribution in [1.82, 2.24) is 25.1 Å². The van der Waals surface area contributed by atoms with Gasteiger partial charge in [0.25, 0.3) is 11.5 Å². The van der Waals surface area contributed by atoms with Gasteiger partial charge in [-0.25, -0.2) is 0 Å². The van der Waals surface area contributed by atoms with E-state index in [1.165, 1.54) is 13.3 Å². The molecule has 196 valence electrons. The van der Waals surface area contributed by atoms with Crippen LogP contribution < -0.4 is 10.9 Å². The van der Waals surface area contributed by atoms with E-state index >= 15 is 0 Å². The van der Waals surface area contributed by atoms with Gasteiger partial charge in [-0.3, -0.25) is 24.5 Å². The Balaban J connectivity index is 1.30. The van der Waals surface area contributed by atoms with E-state index < -0.39 is 12.0 Å². The van der Waals surface area contributed by atoms with Gasteiger partial charge in [0.15, 0.2) is 0 Å². The zero-order chi connectivity index (χ0) is 27.2. The van der Waals surface area contributed by atoms with Crippen LogP contribution in [0.1, 0.15) is 45.2 Å². The molecule has 0 fully saturated rings. The summed E-state index contributed by atoms with van der Waals surface area (Å²) in [5.41, 5.74) is 4.63. The number of methoxy groups -OCH3 is 1. The Morgan fingerprint density at radius 2 is 1.74 bits per heavy atom. The Bertz CT molecular complexity index is 1670. The van der Waals surface area contributed by atoms with Gasteiger partial charge in [0.1, 0.15) is 0 Å². The number of nitrogens with zero attached hydrogens (tertiary/aromatic N) is 3. The lowest BCUT2D eigenvalue weighted by atomic mass is 10.0. The highest BCUT2D eigenvalue weighted by Gasteiger charge is 2.24. The number of carbonyl (C=O) groups is 2. The van der Waals surface area contributed by atoms with Gasteiger partial charge in [0.05, 0.1) is 42.9 Å². The van der Waals surface area contributed by atoms with Crippen LogP contribution in [0.5, 0.6) is 0 Å². The van der Waals surface area contributed by atoms with Crippen LogP contribution >= 0.6 is 0 Å². The molecule has 0 saturated heterocycles. The number of amides is 1. The monoisotopic (exact) mass is 521 g/mol. The summed E-state index contributed by atoms with van der Waals surface area (Å²) in [7, 11) is 1.31. The number of fused-ring (bicyclic) bond motifs is 1. The molecule has 0 saturated carbocycles. The van der Waals surface area contributed by atoms with Crippen LogP contribution in [0.15, 0.2) is 96.2 Å². The summed E-state index contributed by atoms with van der Waals surface area (Å²) < 4.78 is 6.51. The van der Waals surface area contributed by atoms with Gasteiger partial charge < -0.3 is 14.6 Å². The van der Waals surface area contributed by atoms with Crippen molar-refractivity contribution >= 4 is 22.8 Å². The van der Waals surface area contributed by atoms with Crippen LogP contribution in [0.25, 0.3) is 10.9 Å². The first-order chi connectivity index (χ1) is 19.0. The standard InChI is InChI=1S/C30H27N5O4/c1-39-28(37)16-26(29-24-6-2-3-7-25(24)33-34-29)32-30(38)23-15-22(17-31-18-23)14-20-9-11-21(12-10-20)19-35-13-5-4-8-27(35)36/h2-13,15,17-18,26H,14,16,19H2,1H3,(H,32,38)(H,33,34). The van der Waals surface area contributed by atoms with E-state index in [-0.39, 0.29) is 17.9 Å². The number of esters is 1. The van der Waals surface area contributed by atoms with E-state index in [2.05, 4.69) is 20.5 Å². The smallest absolute Gasteiger partial charge is 0.308 e. The largest absolute Gasteiger partial charge is 0.469 e. The second kappa shape index (κ2) is 11.6. The summed E-state index contributed by atoms with van der Waals surface area (Å²) >= 11 is 0. The number of ether oxygens (including phenoxy) is 1. The summed E-state index contributed by atoms with van der Waals surface area (Å²) in [6.07, 6.45) is 5.50. The molecule has 0 radical (unpaired) electrons. The summed E-state index contributed by atoms with van der Waals surface area (Å²) in [5, 5.41) is 11.1. The molecule has 0 aliphatic rings. The minimum absolute atomic E-state index is 0.0444. The number of hydrogen-bond acceptors (Lipinski definition) is 6. The molecule has 9 nitrogen and oxygen atoms in total. The van der Waals surface area contributed by atoms with Gasteiger partial charge >= 0.3 is 5.97 Å². The van der Waals surface area contributed by atoms with Crippen molar-refractivity contribution in [2.24, 2.45) is 0 Å². The Labute approximate surface area is 224 Å². The maximum absolute atomic E-state index is 13.2. The van der Waals surface area contributed by atoms with E-state index in [9.17, 15) is 14.4 Å². The minimum Gasteiger partial charge on any atom is -0.469 e. The predicted molar refractivity (Wildman–Crippen MR) is 146 cm³/mol. The van der Waals surface area contributed by atoms with Crippen molar-refractivity contribution in [1.29, 1.82) is 0 Å². The summed E-state index contributed by atoms with van der Waals surface area (Å²) in [4.78, 5) is 41.6. The maximum Gasteiger partial charge on any atom is 0.308 e. The molecule has 3 heterocycles. The van der Waals surface area contributed by atoms with Gasteiger partial charge in [-0.05, 0) is 41.3 Å². The van der Waals surface area contributed by atoms with Gasteiger partial charge in [-0.2, -0.15) is 5.10 Å². The summed E-state index contributed by atoms with van der Waals surface area (Å²) in [5.74, 6) is -0.825. The molecule has 39 heavy (non-hydrogen) atoms. The van der Waals surface area contributed by atoms with Gasteiger partial charge in [0.2, 0.25) is 0 Å². The molecule has 1 unspecified atom stereocenters. The second-order valence-electron chi connectivity index (χ2n) is 9.20. The number of pyridine rings is 2. The fourth-order valence-corrected chi connectivity index (χ4v) is 4.45. The quantitative estimate of drug-likeness (QED) is 0.285. The Morgan fingerprint density at radius 3 is 2.54 bits per heavy atom. The molecular weight excluding hydrogens is 494 g/mol. The van der Waals surface area contributed by atoms with E-state index in [0.717, 1.165) is 27.6 Å². The molecule has 0 spiro atoms.